The average molecular weight is 684 g/mol. The molecule has 0 spiro atoms. The first-order valence-corrected chi connectivity index (χ1v) is 18.0. The van der Waals surface area contributed by atoms with E-state index in [0.717, 1.165) is 45.9 Å². The molecule has 0 aliphatic carbocycles. The van der Waals surface area contributed by atoms with Gasteiger partial charge in [0.25, 0.3) is 0 Å². The van der Waals surface area contributed by atoms with Crippen LogP contribution in [0.2, 0.25) is 0 Å². The molecule has 4 aromatic rings. The summed E-state index contributed by atoms with van der Waals surface area (Å²) in [5.74, 6) is -0.490. The third-order valence-electron chi connectivity index (χ3n) is 8.49. The van der Waals surface area contributed by atoms with E-state index in [2.05, 4.69) is 37.7 Å². The molecule has 0 aliphatic heterocycles. The van der Waals surface area contributed by atoms with E-state index >= 15 is 0 Å². The minimum absolute atomic E-state index is 0.0405. The number of carbonyl (C=O) groups excluding carboxylic acids is 2. The van der Waals surface area contributed by atoms with Crippen LogP contribution in [0.5, 0.6) is 5.75 Å². The number of nitrogens with zero attached hydrogens (tertiary/aromatic N) is 3. The van der Waals surface area contributed by atoms with Crippen LogP contribution in [0.1, 0.15) is 92.8 Å². The van der Waals surface area contributed by atoms with E-state index in [1.165, 1.54) is 41.9 Å². The van der Waals surface area contributed by atoms with Gasteiger partial charge in [0.15, 0.2) is 11.6 Å². The van der Waals surface area contributed by atoms with E-state index in [9.17, 15) is 14.4 Å². The predicted octanol–water partition coefficient (Wildman–Crippen LogP) is 8.88. The topological polar surface area (TPSA) is 110 Å². The van der Waals surface area contributed by atoms with Crippen LogP contribution in [0.3, 0.4) is 0 Å². The predicted molar refractivity (Wildman–Crippen MR) is 196 cm³/mol. The molecule has 2 aromatic carbocycles. The number of thiophene rings is 1. The van der Waals surface area contributed by atoms with Crippen molar-refractivity contribution in [3.8, 4) is 28.3 Å². The van der Waals surface area contributed by atoms with Gasteiger partial charge in [-0.05, 0) is 53.6 Å². The molecule has 0 saturated heterocycles. The normalized spacial score (nSPS) is 12.0. The second kappa shape index (κ2) is 17.9. The van der Waals surface area contributed by atoms with E-state index < -0.39 is 11.9 Å². The lowest BCUT2D eigenvalue weighted by Gasteiger charge is -2.23. The van der Waals surface area contributed by atoms with Crippen molar-refractivity contribution in [3.63, 3.8) is 0 Å². The van der Waals surface area contributed by atoms with Crippen LogP contribution >= 0.6 is 11.3 Å². The van der Waals surface area contributed by atoms with Crippen LogP contribution in [-0.4, -0.2) is 57.8 Å². The van der Waals surface area contributed by atoms with E-state index in [1.807, 2.05) is 73.1 Å². The largest absolute Gasteiger partial charge is 0.494 e. The van der Waals surface area contributed by atoms with Gasteiger partial charge in [0.1, 0.15) is 5.75 Å². The van der Waals surface area contributed by atoms with Gasteiger partial charge in [0, 0.05) is 54.3 Å². The average Bonchev–Trinajstić information content (AvgIpc) is 3.61. The molecule has 0 unspecified atom stereocenters. The highest BCUT2D eigenvalue weighted by molar-refractivity contribution is 7.14. The highest BCUT2D eigenvalue weighted by Crippen LogP contribution is 2.31. The van der Waals surface area contributed by atoms with Crippen molar-refractivity contribution in [1.82, 2.24) is 14.9 Å². The van der Waals surface area contributed by atoms with Crippen molar-refractivity contribution >= 4 is 29.0 Å². The van der Waals surface area contributed by atoms with Gasteiger partial charge in [-0.25, -0.2) is 9.97 Å². The molecule has 4 rings (SSSR count). The summed E-state index contributed by atoms with van der Waals surface area (Å²) in [5, 5.41) is 9.13. The smallest absolute Gasteiger partial charge is 0.305 e. The van der Waals surface area contributed by atoms with Crippen molar-refractivity contribution in [2.45, 2.75) is 84.5 Å². The molecule has 1 amide bonds. The molecule has 8 nitrogen and oxygen atoms in total. The fourth-order valence-corrected chi connectivity index (χ4v) is 6.50. The number of carboxylic acid groups (broad SMARTS) is 1. The van der Waals surface area contributed by atoms with E-state index in [1.54, 1.807) is 7.05 Å². The molecule has 0 fully saturated rings. The zero-order valence-corrected chi connectivity index (χ0v) is 30.2. The summed E-state index contributed by atoms with van der Waals surface area (Å²) in [6.45, 7) is 9.33. The zero-order valence-electron chi connectivity index (χ0n) is 29.4. The number of Topliss-reactive ketones (excluding diaryl/α,β-unsaturated/α-hetero) is 1. The Kier molecular flexibility index (Phi) is 13.6. The molecule has 0 bridgehead atoms. The Bertz CT molecular complexity index is 1660. The number of carbonyl (C=O) groups is 3. The molecule has 0 aliphatic rings. The van der Waals surface area contributed by atoms with Crippen LogP contribution in [0.15, 0.2) is 73.1 Å². The quantitative estimate of drug-likeness (QED) is 0.0824. The SMILES string of the molecule is CCCCCCCOc1ccc(-c2cnc(-c3ccc(C[C@H](CC(=O)c4ccc(C(C)(C)C)s4)C(=O)N(C)CCC(=O)O)cc3)nc2)cc1. The standard InChI is InChI=1S/C40H49N3O5S/c1-6-7-8-9-10-23-48-33-17-15-29(16-18-33)32-26-41-38(42-27-32)30-13-11-28(12-14-30)24-31(39(47)43(5)22-21-37(45)46)25-34(44)35-19-20-36(49-35)40(2,3)4/h11-20,26-27,31H,6-10,21-25H2,1-5H3,(H,45,46)/t31-/m1/s1. The first kappa shape index (κ1) is 37.4. The lowest BCUT2D eigenvalue weighted by molar-refractivity contribution is -0.139. The Morgan fingerprint density at radius 3 is 2.12 bits per heavy atom. The fraction of sp³-hybridized carbons (Fsp3) is 0.425. The third-order valence-corrected chi connectivity index (χ3v) is 10.0. The summed E-state index contributed by atoms with van der Waals surface area (Å²) in [7, 11) is 1.59. The van der Waals surface area contributed by atoms with Crippen LogP contribution in [0.25, 0.3) is 22.5 Å². The van der Waals surface area contributed by atoms with Gasteiger partial charge < -0.3 is 14.7 Å². The maximum Gasteiger partial charge on any atom is 0.305 e. The van der Waals surface area contributed by atoms with Crippen molar-refractivity contribution in [1.29, 1.82) is 0 Å². The molecule has 1 N–H and O–H groups in total. The minimum Gasteiger partial charge on any atom is -0.494 e. The van der Waals surface area contributed by atoms with Crippen molar-refractivity contribution in [2.75, 3.05) is 20.2 Å². The Morgan fingerprint density at radius 2 is 1.51 bits per heavy atom. The summed E-state index contributed by atoms with van der Waals surface area (Å²) >= 11 is 1.46. The van der Waals surface area contributed by atoms with Gasteiger partial charge in [-0.3, -0.25) is 14.4 Å². The van der Waals surface area contributed by atoms with Gasteiger partial charge in [-0.2, -0.15) is 0 Å². The molecule has 1 atom stereocenters. The van der Waals surface area contributed by atoms with Gasteiger partial charge in [0.05, 0.1) is 17.9 Å². The van der Waals surface area contributed by atoms with Crippen molar-refractivity contribution < 1.29 is 24.2 Å². The molecular formula is C40H49N3O5S. The Morgan fingerprint density at radius 1 is 0.857 bits per heavy atom. The summed E-state index contributed by atoms with van der Waals surface area (Å²) in [6, 6.07) is 19.5. The summed E-state index contributed by atoms with van der Waals surface area (Å²) < 4.78 is 5.89. The molecule has 2 aromatic heterocycles. The fourth-order valence-electron chi connectivity index (χ4n) is 5.49. The number of carboxylic acids is 1. The lowest BCUT2D eigenvalue weighted by atomic mass is 9.92. The maximum atomic E-state index is 13.5. The van der Waals surface area contributed by atoms with E-state index in [4.69, 9.17) is 9.84 Å². The number of rotatable bonds is 18. The Hall–Kier alpha value is -4.37. The van der Waals surface area contributed by atoms with Crippen molar-refractivity contribution in [2.24, 2.45) is 5.92 Å². The molecule has 0 saturated carbocycles. The first-order chi connectivity index (χ1) is 23.4. The lowest BCUT2D eigenvalue weighted by Crippen LogP contribution is -2.36. The van der Waals surface area contributed by atoms with Crippen LogP contribution < -0.4 is 4.74 Å². The number of hydrogen-bond acceptors (Lipinski definition) is 7. The first-order valence-electron chi connectivity index (χ1n) is 17.2. The maximum absolute atomic E-state index is 13.5. The van der Waals surface area contributed by atoms with Gasteiger partial charge in [0.2, 0.25) is 5.91 Å². The van der Waals surface area contributed by atoms with Crippen molar-refractivity contribution in [3.05, 3.63) is 88.4 Å². The van der Waals surface area contributed by atoms with Gasteiger partial charge in [-0.1, -0.05) is 89.8 Å². The zero-order chi connectivity index (χ0) is 35.4. The number of ketones is 1. The second-order valence-corrected chi connectivity index (χ2v) is 14.7. The Balaban J connectivity index is 1.40. The highest BCUT2D eigenvalue weighted by atomic mass is 32.1. The number of unbranched alkanes of at least 4 members (excludes halogenated alkanes) is 4. The van der Waals surface area contributed by atoms with Gasteiger partial charge >= 0.3 is 5.97 Å². The van der Waals surface area contributed by atoms with E-state index in [-0.39, 0.29) is 36.5 Å². The highest BCUT2D eigenvalue weighted by Gasteiger charge is 2.27. The van der Waals surface area contributed by atoms with Crippen LogP contribution in [0, 0.1) is 5.92 Å². The Labute approximate surface area is 294 Å². The third kappa shape index (κ3) is 11.3. The molecular weight excluding hydrogens is 635 g/mol. The molecule has 260 valence electrons. The molecule has 0 radical (unpaired) electrons. The monoisotopic (exact) mass is 683 g/mol. The van der Waals surface area contributed by atoms with Crippen LogP contribution in [0.4, 0.5) is 0 Å². The minimum atomic E-state index is -0.974. The molecule has 9 heteroatoms. The number of aliphatic carboxylic acids is 1. The number of aromatic nitrogens is 2. The number of benzene rings is 2. The summed E-state index contributed by atoms with van der Waals surface area (Å²) in [6.07, 6.45) is 9.88. The molecule has 2 heterocycles. The summed E-state index contributed by atoms with van der Waals surface area (Å²) in [4.78, 5) is 50.4. The number of ether oxygens (including phenoxy) is 1. The van der Waals surface area contributed by atoms with Crippen LogP contribution in [-0.2, 0) is 21.4 Å². The molecule has 49 heavy (non-hydrogen) atoms. The number of hydrogen-bond donors (Lipinski definition) is 1. The summed E-state index contributed by atoms with van der Waals surface area (Å²) in [5.41, 5.74) is 3.57. The van der Waals surface area contributed by atoms with Gasteiger partial charge in [-0.15, -0.1) is 11.3 Å². The number of amides is 1. The van der Waals surface area contributed by atoms with E-state index in [0.29, 0.717) is 17.1 Å². The second-order valence-electron chi connectivity index (χ2n) is 13.6.